The first-order valence-electron chi connectivity index (χ1n) is 6.72. The summed E-state index contributed by atoms with van der Waals surface area (Å²) in [5.41, 5.74) is 3.31. The highest BCUT2D eigenvalue weighted by atomic mass is 32.1. The van der Waals surface area contributed by atoms with E-state index in [4.69, 9.17) is 0 Å². The van der Waals surface area contributed by atoms with Gasteiger partial charge in [-0.15, -0.1) is 11.3 Å². The fourth-order valence-corrected chi connectivity index (χ4v) is 3.52. The fraction of sp³-hybridized carbons (Fsp3) is 0.312. The van der Waals surface area contributed by atoms with Crippen LogP contribution >= 0.6 is 11.3 Å². The van der Waals surface area contributed by atoms with E-state index in [9.17, 15) is 5.11 Å². The molecule has 2 heterocycles. The van der Waals surface area contributed by atoms with Crippen LogP contribution in [-0.2, 0) is 13.5 Å². The minimum atomic E-state index is -0.481. The highest BCUT2D eigenvalue weighted by molar-refractivity contribution is 7.12. The van der Waals surface area contributed by atoms with Crippen molar-refractivity contribution in [3.05, 3.63) is 51.3 Å². The first-order chi connectivity index (χ1) is 9.56. The average molecular weight is 286 g/mol. The minimum Gasteiger partial charge on any atom is -0.387 e. The number of aryl methyl sites for hydroxylation is 3. The van der Waals surface area contributed by atoms with Gasteiger partial charge < -0.3 is 5.11 Å². The van der Waals surface area contributed by atoms with Crippen molar-refractivity contribution in [3.8, 4) is 0 Å². The Morgan fingerprint density at radius 2 is 2.05 bits per heavy atom. The molecule has 0 aliphatic heterocycles. The van der Waals surface area contributed by atoms with Crippen molar-refractivity contribution in [2.45, 2.75) is 26.4 Å². The third kappa shape index (κ3) is 2.25. The van der Waals surface area contributed by atoms with Crippen LogP contribution in [0.5, 0.6) is 0 Å². The molecule has 1 N–H and O–H groups in total. The lowest BCUT2D eigenvalue weighted by Crippen LogP contribution is -2.01. The molecule has 2 aromatic heterocycles. The lowest BCUT2D eigenvalue weighted by Gasteiger charge is -2.06. The number of para-hydroxylation sites is 1. The lowest BCUT2D eigenvalue weighted by molar-refractivity contribution is 0.181. The zero-order valence-corrected chi connectivity index (χ0v) is 12.7. The monoisotopic (exact) mass is 286 g/mol. The predicted molar refractivity (Wildman–Crippen MR) is 83.2 cm³/mol. The molecule has 20 heavy (non-hydrogen) atoms. The normalized spacial score (nSPS) is 13.0. The van der Waals surface area contributed by atoms with Crippen LogP contribution in [0.4, 0.5) is 0 Å². The van der Waals surface area contributed by atoms with E-state index in [-0.39, 0.29) is 0 Å². The summed E-state index contributed by atoms with van der Waals surface area (Å²) in [6.07, 6.45) is 0.0755. The smallest absolute Gasteiger partial charge is 0.0938 e. The number of aliphatic hydroxyl groups excluding tert-OH is 1. The maximum absolute atomic E-state index is 10.4. The molecule has 0 saturated carbocycles. The van der Waals surface area contributed by atoms with Gasteiger partial charge in [-0.2, -0.15) is 5.10 Å². The van der Waals surface area contributed by atoms with Crippen molar-refractivity contribution in [1.82, 2.24) is 9.78 Å². The van der Waals surface area contributed by atoms with Gasteiger partial charge in [-0.25, -0.2) is 0 Å². The average Bonchev–Trinajstić information content (AvgIpc) is 2.92. The number of thiophene rings is 1. The molecule has 1 atom stereocenters. The van der Waals surface area contributed by atoms with Gasteiger partial charge in [0.15, 0.2) is 0 Å². The summed E-state index contributed by atoms with van der Waals surface area (Å²) in [4.78, 5) is 2.29. The molecule has 0 aliphatic carbocycles. The van der Waals surface area contributed by atoms with E-state index in [1.807, 2.05) is 23.9 Å². The molecule has 1 aromatic carbocycles. The van der Waals surface area contributed by atoms with Crippen LogP contribution in [0.25, 0.3) is 10.9 Å². The summed E-state index contributed by atoms with van der Waals surface area (Å²) in [7, 11) is 1.94. The molecule has 0 aliphatic rings. The Hall–Kier alpha value is -1.65. The van der Waals surface area contributed by atoms with Gasteiger partial charge in [0.1, 0.15) is 0 Å². The molecule has 3 rings (SSSR count). The van der Waals surface area contributed by atoms with E-state index in [2.05, 4.69) is 37.1 Å². The van der Waals surface area contributed by atoms with E-state index < -0.39 is 6.10 Å². The van der Waals surface area contributed by atoms with Crippen LogP contribution in [0.2, 0.25) is 0 Å². The highest BCUT2D eigenvalue weighted by Crippen LogP contribution is 2.30. The second-order valence-corrected chi connectivity index (χ2v) is 6.48. The number of aromatic nitrogens is 2. The standard InChI is InChI=1S/C16H18N2OS/c1-10-8-16(20-11(10)2)15(19)9-13-12-6-4-5-7-14(12)18(3)17-13/h4-8,15,19H,9H2,1-3H3. The number of benzene rings is 1. The molecular weight excluding hydrogens is 268 g/mol. The topological polar surface area (TPSA) is 38.1 Å². The Morgan fingerprint density at radius 1 is 1.30 bits per heavy atom. The number of nitrogens with zero attached hydrogens (tertiary/aromatic N) is 2. The SMILES string of the molecule is Cc1cc(C(O)Cc2nn(C)c3ccccc23)sc1C. The van der Waals surface area contributed by atoms with E-state index in [0.717, 1.165) is 21.5 Å². The van der Waals surface area contributed by atoms with Crippen molar-refractivity contribution in [1.29, 1.82) is 0 Å². The van der Waals surface area contributed by atoms with Crippen LogP contribution in [0.3, 0.4) is 0 Å². The molecule has 3 aromatic rings. The Morgan fingerprint density at radius 3 is 2.75 bits per heavy atom. The lowest BCUT2D eigenvalue weighted by atomic mass is 10.1. The molecule has 0 bridgehead atoms. The van der Waals surface area contributed by atoms with Crippen molar-refractivity contribution in [2.24, 2.45) is 7.05 Å². The quantitative estimate of drug-likeness (QED) is 0.800. The Labute approximate surface area is 122 Å². The van der Waals surface area contributed by atoms with Gasteiger partial charge >= 0.3 is 0 Å². The van der Waals surface area contributed by atoms with Crippen molar-refractivity contribution < 1.29 is 5.11 Å². The highest BCUT2D eigenvalue weighted by Gasteiger charge is 2.16. The summed E-state index contributed by atoms with van der Waals surface area (Å²) in [6.45, 7) is 4.17. The largest absolute Gasteiger partial charge is 0.387 e. The third-order valence-electron chi connectivity index (χ3n) is 3.73. The van der Waals surface area contributed by atoms with Gasteiger partial charge in [-0.3, -0.25) is 4.68 Å². The van der Waals surface area contributed by atoms with Gasteiger partial charge in [-0.05, 0) is 31.5 Å². The zero-order valence-electron chi connectivity index (χ0n) is 11.9. The zero-order chi connectivity index (χ0) is 14.3. The summed E-state index contributed by atoms with van der Waals surface area (Å²) in [5.74, 6) is 0. The molecule has 104 valence electrons. The number of hydrogen-bond donors (Lipinski definition) is 1. The molecule has 3 nitrogen and oxygen atoms in total. The predicted octanol–water partition coefficient (Wildman–Crippen LogP) is 3.53. The molecular formula is C16H18N2OS. The summed E-state index contributed by atoms with van der Waals surface area (Å²) in [6, 6.07) is 10.2. The third-order valence-corrected chi connectivity index (χ3v) is 4.99. The van der Waals surface area contributed by atoms with E-state index >= 15 is 0 Å². The Balaban J connectivity index is 1.93. The molecule has 0 radical (unpaired) electrons. The second-order valence-electron chi connectivity index (χ2n) is 5.20. The molecule has 4 heteroatoms. The molecule has 0 fully saturated rings. The number of hydrogen-bond acceptors (Lipinski definition) is 3. The van der Waals surface area contributed by atoms with Crippen LogP contribution in [0.15, 0.2) is 30.3 Å². The summed E-state index contributed by atoms with van der Waals surface area (Å²) >= 11 is 1.67. The first kappa shape index (κ1) is 13.3. The molecule has 0 amide bonds. The van der Waals surface area contributed by atoms with Crippen molar-refractivity contribution in [3.63, 3.8) is 0 Å². The molecule has 1 unspecified atom stereocenters. The summed E-state index contributed by atoms with van der Waals surface area (Å²) in [5, 5.41) is 16.1. The Bertz CT molecular complexity index is 738. The van der Waals surface area contributed by atoms with Crippen LogP contribution in [-0.4, -0.2) is 14.9 Å². The van der Waals surface area contributed by atoms with E-state index in [0.29, 0.717) is 6.42 Å². The van der Waals surface area contributed by atoms with Crippen LogP contribution in [0, 0.1) is 13.8 Å². The van der Waals surface area contributed by atoms with E-state index in [1.165, 1.54) is 10.4 Å². The maximum Gasteiger partial charge on any atom is 0.0938 e. The number of rotatable bonds is 3. The van der Waals surface area contributed by atoms with Gasteiger partial charge in [0.2, 0.25) is 0 Å². The summed E-state index contributed by atoms with van der Waals surface area (Å²) < 4.78 is 1.88. The van der Waals surface area contributed by atoms with Crippen molar-refractivity contribution >= 4 is 22.2 Å². The van der Waals surface area contributed by atoms with Crippen molar-refractivity contribution in [2.75, 3.05) is 0 Å². The van der Waals surface area contributed by atoms with Gasteiger partial charge in [-0.1, -0.05) is 18.2 Å². The number of aliphatic hydroxyl groups is 1. The Kier molecular flexibility index (Phi) is 3.36. The molecule has 0 spiro atoms. The van der Waals surface area contributed by atoms with Gasteiger partial charge in [0.05, 0.1) is 17.3 Å². The number of fused-ring (bicyclic) bond motifs is 1. The fourth-order valence-electron chi connectivity index (χ4n) is 2.49. The van der Waals surface area contributed by atoms with Crippen LogP contribution in [0.1, 0.15) is 27.1 Å². The van der Waals surface area contributed by atoms with Crippen LogP contribution < -0.4 is 0 Å². The van der Waals surface area contributed by atoms with E-state index in [1.54, 1.807) is 11.3 Å². The van der Waals surface area contributed by atoms with Gasteiger partial charge in [0.25, 0.3) is 0 Å². The minimum absolute atomic E-state index is 0.481. The molecule has 0 saturated heterocycles. The second kappa shape index (κ2) is 5.04. The van der Waals surface area contributed by atoms with Gasteiger partial charge in [0, 0.05) is 28.6 Å². The maximum atomic E-state index is 10.4. The first-order valence-corrected chi connectivity index (χ1v) is 7.53.